The van der Waals surface area contributed by atoms with Gasteiger partial charge in [-0.2, -0.15) is 0 Å². The molecule has 0 bridgehead atoms. The number of nitrogens with one attached hydrogen (secondary N) is 2. The molecule has 0 spiro atoms. The van der Waals surface area contributed by atoms with Gasteiger partial charge in [0.2, 0.25) is 0 Å². The Morgan fingerprint density at radius 2 is 1.84 bits per heavy atom. The first-order valence-electron chi connectivity index (χ1n) is 11.5. The van der Waals surface area contributed by atoms with Gasteiger partial charge >= 0.3 is 0 Å². The van der Waals surface area contributed by atoms with Gasteiger partial charge in [-0.15, -0.1) is 24.0 Å². The molecule has 8 heteroatoms. The number of guanidine groups is 1. The average Bonchev–Trinajstić information content (AvgIpc) is 2.78. The Morgan fingerprint density at radius 1 is 1.10 bits per heavy atom. The summed E-state index contributed by atoms with van der Waals surface area (Å²) in [6.45, 7) is 12.4. The summed E-state index contributed by atoms with van der Waals surface area (Å²) in [6, 6.07) is 7.10. The molecule has 0 atom stereocenters. The lowest BCUT2D eigenvalue weighted by atomic mass is 9.96. The molecule has 0 amide bonds. The molecule has 0 radical (unpaired) electrons. The Bertz CT molecular complexity index is 649. The van der Waals surface area contributed by atoms with Crippen molar-refractivity contribution in [3.63, 3.8) is 0 Å². The quantitative estimate of drug-likeness (QED) is 0.216. The van der Waals surface area contributed by atoms with Crippen LogP contribution in [0.5, 0.6) is 0 Å². The molecule has 6 nitrogen and oxygen atoms in total. The van der Waals surface area contributed by atoms with E-state index in [2.05, 4.69) is 27.4 Å². The van der Waals surface area contributed by atoms with Gasteiger partial charge in [-0.3, -0.25) is 14.8 Å². The molecule has 0 aromatic heterocycles. The molecule has 1 aromatic carbocycles. The Morgan fingerprint density at radius 3 is 2.55 bits per heavy atom. The van der Waals surface area contributed by atoms with E-state index in [-0.39, 0.29) is 29.8 Å². The molecule has 2 heterocycles. The number of hydrogen-bond acceptors (Lipinski definition) is 4. The van der Waals surface area contributed by atoms with Gasteiger partial charge in [-0.05, 0) is 57.8 Å². The predicted molar refractivity (Wildman–Crippen MR) is 136 cm³/mol. The first-order chi connectivity index (χ1) is 14.7. The van der Waals surface area contributed by atoms with Gasteiger partial charge in [0.1, 0.15) is 5.82 Å². The highest BCUT2D eigenvalue weighted by atomic mass is 127. The average molecular weight is 548 g/mol. The summed E-state index contributed by atoms with van der Waals surface area (Å²) in [5.74, 6) is 1.43. The standard InChI is InChI=1S/C23H38FN5O.HI/c1-2-25-23(26-10-5-11-28-14-16-30-17-15-28)27-18-20-8-12-29(13-9-20)19-21-6-3-4-7-22(21)24;/h3-4,6-7,20H,2,5,8-19H2,1H3,(H2,25,26,27);1H. The van der Waals surface area contributed by atoms with Crippen LogP contribution < -0.4 is 10.6 Å². The number of likely N-dealkylation sites (tertiary alicyclic amines) is 1. The summed E-state index contributed by atoms with van der Waals surface area (Å²) in [4.78, 5) is 9.64. The van der Waals surface area contributed by atoms with Gasteiger partial charge in [-0.1, -0.05) is 18.2 Å². The molecule has 2 fully saturated rings. The third-order valence-corrected chi connectivity index (χ3v) is 5.96. The van der Waals surface area contributed by atoms with Gasteiger partial charge in [0.25, 0.3) is 0 Å². The normalized spacial score (nSPS) is 19.1. The van der Waals surface area contributed by atoms with Crippen LogP contribution in [0, 0.1) is 11.7 Å². The first-order valence-corrected chi connectivity index (χ1v) is 11.5. The molecule has 2 saturated heterocycles. The van der Waals surface area contributed by atoms with E-state index in [1.54, 1.807) is 12.1 Å². The monoisotopic (exact) mass is 547 g/mol. The number of piperidine rings is 1. The van der Waals surface area contributed by atoms with Crippen LogP contribution in [0.4, 0.5) is 4.39 Å². The van der Waals surface area contributed by atoms with Crippen molar-refractivity contribution in [3.05, 3.63) is 35.6 Å². The Labute approximate surface area is 204 Å². The van der Waals surface area contributed by atoms with Crippen molar-refractivity contribution in [3.8, 4) is 0 Å². The maximum Gasteiger partial charge on any atom is 0.191 e. The van der Waals surface area contributed by atoms with E-state index >= 15 is 0 Å². The zero-order chi connectivity index (χ0) is 21.0. The number of morpholine rings is 1. The largest absolute Gasteiger partial charge is 0.379 e. The van der Waals surface area contributed by atoms with Gasteiger partial charge in [0.05, 0.1) is 13.2 Å². The van der Waals surface area contributed by atoms with E-state index in [1.807, 2.05) is 12.1 Å². The number of halogens is 2. The van der Waals surface area contributed by atoms with E-state index in [0.29, 0.717) is 12.5 Å². The van der Waals surface area contributed by atoms with Crippen molar-refractivity contribution >= 4 is 29.9 Å². The maximum absolute atomic E-state index is 13.9. The number of hydrogen-bond donors (Lipinski definition) is 2. The predicted octanol–water partition coefficient (Wildman–Crippen LogP) is 2.93. The molecule has 2 aliphatic heterocycles. The summed E-state index contributed by atoms with van der Waals surface area (Å²) < 4.78 is 19.3. The SMILES string of the molecule is CCNC(=NCC1CCN(Cc2ccccc2F)CC1)NCCCN1CCOCC1.I. The third kappa shape index (κ3) is 9.59. The van der Waals surface area contributed by atoms with Crippen molar-refractivity contribution in [2.45, 2.75) is 32.7 Å². The van der Waals surface area contributed by atoms with Crippen LogP contribution in [-0.2, 0) is 11.3 Å². The highest BCUT2D eigenvalue weighted by molar-refractivity contribution is 14.0. The zero-order valence-corrected chi connectivity index (χ0v) is 21.2. The summed E-state index contributed by atoms with van der Waals surface area (Å²) in [6.07, 6.45) is 3.35. The van der Waals surface area contributed by atoms with E-state index in [9.17, 15) is 4.39 Å². The number of nitrogens with zero attached hydrogens (tertiary/aromatic N) is 3. The smallest absolute Gasteiger partial charge is 0.191 e. The van der Waals surface area contributed by atoms with Gasteiger partial charge in [-0.25, -0.2) is 4.39 Å². The molecular weight excluding hydrogens is 508 g/mol. The van der Waals surface area contributed by atoms with Crippen molar-refractivity contribution in [2.24, 2.45) is 10.9 Å². The molecule has 2 N–H and O–H groups in total. The number of benzene rings is 1. The number of aliphatic imine (C=N–C) groups is 1. The molecule has 0 aliphatic carbocycles. The fraction of sp³-hybridized carbons (Fsp3) is 0.696. The van der Waals surface area contributed by atoms with Crippen LogP contribution in [0.2, 0.25) is 0 Å². The molecule has 1 aromatic rings. The second-order valence-electron chi connectivity index (χ2n) is 8.26. The Kier molecular flexibility index (Phi) is 12.7. The Balaban J connectivity index is 0.00000341. The maximum atomic E-state index is 13.9. The van der Waals surface area contributed by atoms with Crippen LogP contribution in [0.15, 0.2) is 29.3 Å². The second kappa shape index (κ2) is 15.0. The summed E-state index contributed by atoms with van der Waals surface area (Å²) >= 11 is 0. The number of rotatable bonds is 9. The molecule has 0 unspecified atom stereocenters. The lowest BCUT2D eigenvalue weighted by Gasteiger charge is -2.31. The molecule has 2 aliphatic rings. The summed E-state index contributed by atoms with van der Waals surface area (Å²) in [5, 5.41) is 6.84. The third-order valence-electron chi connectivity index (χ3n) is 5.96. The van der Waals surface area contributed by atoms with Crippen LogP contribution in [0.1, 0.15) is 31.7 Å². The lowest BCUT2D eigenvalue weighted by molar-refractivity contribution is 0.0376. The highest BCUT2D eigenvalue weighted by Crippen LogP contribution is 2.20. The van der Waals surface area contributed by atoms with Crippen LogP contribution >= 0.6 is 24.0 Å². The minimum Gasteiger partial charge on any atom is -0.379 e. The minimum atomic E-state index is -0.0980. The highest BCUT2D eigenvalue weighted by Gasteiger charge is 2.20. The van der Waals surface area contributed by atoms with Crippen molar-refractivity contribution in [2.75, 3.05) is 65.6 Å². The van der Waals surface area contributed by atoms with Crippen LogP contribution in [0.25, 0.3) is 0 Å². The van der Waals surface area contributed by atoms with Gasteiger partial charge in [0.15, 0.2) is 5.96 Å². The summed E-state index contributed by atoms with van der Waals surface area (Å²) in [5.41, 5.74) is 0.796. The fourth-order valence-corrected chi connectivity index (χ4v) is 4.09. The molecule has 31 heavy (non-hydrogen) atoms. The van der Waals surface area contributed by atoms with Crippen molar-refractivity contribution in [1.82, 2.24) is 20.4 Å². The van der Waals surface area contributed by atoms with Gasteiger partial charge in [0, 0.05) is 44.8 Å². The summed E-state index contributed by atoms with van der Waals surface area (Å²) in [7, 11) is 0. The molecule has 3 rings (SSSR count). The molecular formula is C23H39FIN5O. The van der Waals surface area contributed by atoms with Crippen LogP contribution in [0.3, 0.4) is 0 Å². The topological polar surface area (TPSA) is 52.1 Å². The van der Waals surface area contributed by atoms with E-state index in [1.165, 1.54) is 0 Å². The minimum absolute atomic E-state index is 0. The lowest BCUT2D eigenvalue weighted by Crippen LogP contribution is -2.41. The van der Waals surface area contributed by atoms with E-state index in [0.717, 1.165) is 96.4 Å². The molecule has 176 valence electrons. The zero-order valence-electron chi connectivity index (χ0n) is 18.8. The van der Waals surface area contributed by atoms with Gasteiger partial charge < -0.3 is 15.4 Å². The second-order valence-corrected chi connectivity index (χ2v) is 8.26. The van der Waals surface area contributed by atoms with Crippen molar-refractivity contribution < 1.29 is 9.13 Å². The van der Waals surface area contributed by atoms with E-state index in [4.69, 9.17) is 9.73 Å². The Hall–Kier alpha value is -0.970. The number of ether oxygens (including phenoxy) is 1. The molecule has 0 saturated carbocycles. The first kappa shape index (κ1) is 26.3. The fourth-order valence-electron chi connectivity index (χ4n) is 4.09. The van der Waals surface area contributed by atoms with Crippen molar-refractivity contribution in [1.29, 1.82) is 0 Å². The van der Waals surface area contributed by atoms with Crippen LogP contribution in [-0.4, -0.2) is 81.3 Å². The van der Waals surface area contributed by atoms with E-state index < -0.39 is 0 Å².